The van der Waals surface area contributed by atoms with E-state index in [-0.39, 0.29) is 0 Å². The standard InChI is InChI=1S/3C22H19N5/c3*1-13-3-2-4-18(25-13)20-21(27-16-7-5-15(11-16)22(27)26-20)14-6-8-17-19(12-14)24-10-9-23-17/h3*2-4,6,8-10,12,15-16H,5,7,11H2,1H3/t2*15-,16+;/m10./s1. The van der Waals surface area contributed by atoms with Crippen molar-refractivity contribution in [2.75, 3.05) is 0 Å². The second kappa shape index (κ2) is 19.0. The maximum atomic E-state index is 5.11. The Bertz CT molecular complexity index is 4030. The smallest absolute Gasteiger partial charge is 0.115 e. The van der Waals surface area contributed by atoms with Crippen LogP contribution in [-0.2, 0) is 0 Å². The van der Waals surface area contributed by atoms with E-state index in [0.29, 0.717) is 35.9 Å². The van der Waals surface area contributed by atoms with Crippen molar-refractivity contribution in [3.8, 4) is 67.9 Å². The Morgan fingerprint density at radius 1 is 0.321 bits per heavy atom. The highest BCUT2D eigenvalue weighted by atomic mass is 15.2. The fraction of sp³-hybridized carbons (Fsp3) is 0.273. The monoisotopic (exact) mass is 1060 g/mol. The molecule has 3 fully saturated rings. The maximum Gasteiger partial charge on any atom is 0.115 e. The van der Waals surface area contributed by atoms with Gasteiger partial charge < -0.3 is 13.7 Å². The Balaban J connectivity index is 0.000000100. The molecule has 12 aromatic rings. The molecule has 9 aromatic heterocycles. The van der Waals surface area contributed by atoms with Gasteiger partial charge in [-0.15, -0.1) is 0 Å². The van der Waals surface area contributed by atoms with Gasteiger partial charge in [0.2, 0.25) is 0 Å². The molecule has 0 spiro atoms. The Morgan fingerprint density at radius 3 is 0.914 bits per heavy atom. The number of imidazole rings is 3. The third-order valence-electron chi connectivity index (χ3n) is 17.8. The van der Waals surface area contributed by atoms with Crippen molar-refractivity contribution >= 4 is 33.1 Å². The first-order valence-electron chi connectivity index (χ1n) is 28.7. The van der Waals surface area contributed by atoms with Crippen LogP contribution in [0.15, 0.2) is 146 Å². The molecule has 3 saturated carbocycles. The average Bonchev–Trinajstić information content (AvgIpc) is 3.89. The molecule has 12 heterocycles. The summed E-state index contributed by atoms with van der Waals surface area (Å²) in [5.41, 5.74) is 21.3. The van der Waals surface area contributed by atoms with Crippen LogP contribution in [-0.4, -0.2) is 73.5 Å². The van der Waals surface area contributed by atoms with Gasteiger partial charge in [-0.1, -0.05) is 36.4 Å². The number of rotatable bonds is 6. The van der Waals surface area contributed by atoms with Crippen molar-refractivity contribution in [2.24, 2.45) is 0 Å². The lowest BCUT2D eigenvalue weighted by atomic mass is 10.1. The van der Waals surface area contributed by atoms with E-state index < -0.39 is 0 Å². The largest absolute Gasteiger partial charge is 0.324 e. The number of aryl methyl sites for hydroxylation is 3. The van der Waals surface area contributed by atoms with Crippen LogP contribution < -0.4 is 0 Å². The molecule has 396 valence electrons. The molecule has 18 rings (SSSR count). The molecule has 6 atom stereocenters. The Labute approximate surface area is 467 Å². The van der Waals surface area contributed by atoms with Crippen LogP contribution in [0.25, 0.3) is 101 Å². The maximum absolute atomic E-state index is 5.11. The molecule has 15 nitrogen and oxygen atoms in total. The van der Waals surface area contributed by atoms with E-state index in [1.165, 1.54) is 92.3 Å². The second-order valence-electron chi connectivity index (χ2n) is 22.9. The van der Waals surface area contributed by atoms with E-state index >= 15 is 0 Å². The summed E-state index contributed by atoms with van der Waals surface area (Å²) in [6, 6.07) is 39.2. The molecule has 0 amide bonds. The van der Waals surface area contributed by atoms with Crippen molar-refractivity contribution in [3.63, 3.8) is 0 Å². The zero-order valence-corrected chi connectivity index (χ0v) is 45.4. The summed E-state index contributed by atoms with van der Waals surface area (Å²) in [5.74, 6) is 5.48. The third kappa shape index (κ3) is 8.06. The number of aromatic nitrogens is 15. The number of nitrogens with zero attached hydrogens (tertiary/aromatic N) is 15. The van der Waals surface area contributed by atoms with Gasteiger partial charge in [-0.05, 0) is 151 Å². The zero-order chi connectivity index (χ0) is 53.9. The lowest BCUT2D eigenvalue weighted by Gasteiger charge is -2.17. The minimum Gasteiger partial charge on any atom is -0.324 e. The normalized spacial score (nSPS) is 20.3. The fourth-order valence-corrected chi connectivity index (χ4v) is 14.3. The van der Waals surface area contributed by atoms with Gasteiger partial charge in [0.15, 0.2) is 0 Å². The highest BCUT2D eigenvalue weighted by Gasteiger charge is 2.44. The molecule has 81 heavy (non-hydrogen) atoms. The minimum absolute atomic E-state index is 0.559. The van der Waals surface area contributed by atoms with Crippen LogP contribution in [0.4, 0.5) is 0 Å². The van der Waals surface area contributed by atoms with E-state index in [9.17, 15) is 0 Å². The average molecular weight is 1060 g/mol. The lowest BCUT2D eigenvalue weighted by Crippen LogP contribution is -2.07. The van der Waals surface area contributed by atoms with E-state index in [1.54, 1.807) is 37.2 Å². The van der Waals surface area contributed by atoms with Crippen molar-refractivity contribution in [2.45, 2.75) is 114 Å². The van der Waals surface area contributed by atoms with E-state index in [2.05, 4.69) is 135 Å². The number of fused-ring (bicyclic) bond motifs is 18. The van der Waals surface area contributed by atoms with Gasteiger partial charge in [-0.2, -0.15) is 0 Å². The summed E-state index contributed by atoms with van der Waals surface area (Å²) in [6.07, 6.45) is 21.6. The van der Waals surface area contributed by atoms with Gasteiger partial charge in [-0.25, -0.2) is 15.0 Å². The highest BCUT2D eigenvalue weighted by Crippen LogP contribution is 2.55. The predicted molar refractivity (Wildman–Crippen MR) is 313 cm³/mol. The summed E-state index contributed by atoms with van der Waals surface area (Å²) in [6.45, 7) is 6.09. The van der Waals surface area contributed by atoms with Crippen LogP contribution >= 0.6 is 0 Å². The summed E-state index contributed by atoms with van der Waals surface area (Å²) in [4.78, 5) is 56.4. The van der Waals surface area contributed by atoms with Crippen LogP contribution in [0.5, 0.6) is 0 Å². The number of hydrogen-bond acceptors (Lipinski definition) is 12. The van der Waals surface area contributed by atoms with Gasteiger partial charge in [-0.3, -0.25) is 44.9 Å². The molecule has 3 aromatic carbocycles. The molecule has 0 radical (unpaired) electrons. The Hall–Kier alpha value is -9.24. The topological polar surface area (TPSA) is 169 Å². The van der Waals surface area contributed by atoms with Crippen molar-refractivity contribution < 1.29 is 0 Å². The van der Waals surface area contributed by atoms with Crippen molar-refractivity contribution in [1.29, 1.82) is 0 Å². The van der Waals surface area contributed by atoms with Crippen molar-refractivity contribution in [1.82, 2.24) is 73.5 Å². The van der Waals surface area contributed by atoms with Crippen LogP contribution in [0.2, 0.25) is 0 Å². The lowest BCUT2D eigenvalue weighted by molar-refractivity contribution is 0.530. The molecule has 6 aliphatic rings. The summed E-state index contributed by atoms with van der Waals surface area (Å²) in [5, 5.41) is 0. The number of pyridine rings is 3. The fourth-order valence-electron chi connectivity index (χ4n) is 14.3. The SMILES string of the molecule is Cc1cccc(-c2nc3n(c2-c2ccc4nccnc4c2)C2CCC3C2)n1.Cc1cccc(-c2nc3n(c2-c2ccc4nccnc4c2)[C@@H]2CC[C@H]3C2)n1.Cc1cccc(-c2nc3n(c2-c2ccc4nccnc4c2)[C@H]2CC[C@@H]3C2)n1. The molecule has 0 N–H and O–H groups in total. The Morgan fingerprint density at radius 2 is 0.617 bits per heavy atom. The molecule has 15 heteroatoms. The first kappa shape index (κ1) is 47.7. The van der Waals surface area contributed by atoms with Gasteiger partial charge in [0.1, 0.15) is 34.6 Å². The summed E-state index contributed by atoms with van der Waals surface area (Å²) < 4.78 is 7.43. The molecule has 2 unspecified atom stereocenters. The predicted octanol–water partition coefficient (Wildman–Crippen LogP) is 14.1. The van der Waals surface area contributed by atoms with Crippen LogP contribution in [0.1, 0.15) is 128 Å². The number of hydrogen-bond donors (Lipinski definition) is 0. The van der Waals surface area contributed by atoms with Crippen LogP contribution in [0, 0.1) is 20.8 Å². The van der Waals surface area contributed by atoms with E-state index in [4.69, 9.17) is 29.9 Å². The minimum atomic E-state index is 0.559. The molecule has 3 aliphatic carbocycles. The Kier molecular flexibility index (Phi) is 11.2. The molecule has 3 aliphatic heterocycles. The zero-order valence-electron chi connectivity index (χ0n) is 45.4. The molecule has 0 saturated heterocycles. The molecular formula is C66H57N15. The van der Waals surface area contributed by atoms with E-state index in [1.807, 2.05) is 39.0 Å². The van der Waals surface area contributed by atoms with Crippen LogP contribution in [0.3, 0.4) is 0 Å². The van der Waals surface area contributed by atoms with Crippen molar-refractivity contribution in [3.05, 3.63) is 181 Å². The highest BCUT2D eigenvalue weighted by molar-refractivity contribution is 5.88. The molecule has 6 bridgehead atoms. The first-order chi connectivity index (χ1) is 39.8. The van der Waals surface area contributed by atoms with Gasteiger partial charge in [0.05, 0.1) is 67.3 Å². The quantitative estimate of drug-likeness (QED) is 0.155. The summed E-state index contributed by atoms with van der Waals surface area (Å²) >= 11 is 0. The third-order valence-corrected chi connectivity index (χ3v) is 17.8. The van der Waals surface area contributed by atoms with Gasteiger partial charge >= 0.3 is 0 Å². The van der Waals surface area contributed by atoms with Gasteiger partial charge in [0, 0.05) is 107 Å². The molecular weight excluding hydrogens is 1000 g/mol. The summed E-state index contributed by atoms with van der Waals surface area (Å²) in [7, 11) is 0. The van der Waals surface area contributed by atoms with E-state index in [0.717, 1.165) is 101 Å². The van der Waals surface area contributed by atoms with Gasteiger partial charge in [0.25, 0.3) is 0 Å². The second-order valence-corrected chi connectivity index (χ2v) is 22.9. The number of benzene rings is 3. The first-order valence-corrected chi connectivity index (χ1v) is 28.7.